The van der Waals surface area contributed by atoms with Gasteiger partial charge in [0.05, 0.1) is 11.4 Å². The summed E-state index contributed by atoms with van der Waals surface area (Å²) in [4.78, 5) is 16.0. The Labute approximate surface area is 125 Å². The van der Waals surface area contributed by atoms with E-state index in [0.29, 0.717) is 16.8 Å². The monoisotopic (exact) mass is 300 g/mol. The summed E-state index contributed by atoms with van der Waals surface area (Å²) in [6.45, 7) is 0. The molecule has 0 atom stereocenters. The van der Waals surface area contributed by atoms with Crippen molar-refractivity contribution < 1.29 is 9.21 Å². The molecule has 0 radical (unpaired) electrons. The smallest absolute Gasteiger partial charge is 0.277 e. The van der Waals surface area contributed by atoms with Crippen molar-refractivity contribution in [1.29, 1.82) is 0 Å². The molecule has 0 aromatic carbocycles. The molecule has 21 heavy (non-hydrogen) atoms. The SMILES string of the molecule is Cn1cccc1C(=O)CSc1nnc(-c2ccncc2)o1. The number of aromatic nitrogens is 4. The molecule has 0 aliphatic heterocycles. The van der Waals surface area contributed by atoms with E-state index in [2.05, 4.69) is 15.2 Å². The number of rotatable bonds is 5. The highest BCUT2D eigenvalue weighted by Gasteiger charge is 2.13. The minimum Gasteiger partial charge on any atom is -0.411 e. The Morgan fingerprint density at radius 1 is 1.29 bits per heavy atom. The fourth-order valence-corrected chi connectivity index (χ4v) is 2.47. The number of aryl methyl sites for hydroxylation is 1. The van der Waals surface area contributed by atoms with Crippen LogP contribution in [0, 0.1) is 0 Å². The van der Waals surface area contributed by atoms with E-state index in [0.717, 1.165) is 5.56 Å². The highest BCUT2D eigenvalue weighted by atomic mass is 32.2. The molecule has 0 spiro atoms. The van der Waals surface area contributed by atoms with Crippen molar-refractivity contribution in [1.82, 2.24) is 19.7 Å². The lowest BCUT2D eigenvalue weighted by molar-refractivity contribution is 0.101. The molecular weight excluding hydrogens is 288 g/mol. The van der Waals surface area contributed by atoms with Crippen LogP contribution in [0.15, 0.2) is 52.5 Å². The molecule has 0 unspecified atom stereocenters. The summed E-state index contributed by atoms with van der Waals surface area (Å²) in [5, 5.41) is 8.28. The van der Waals surface area contributed by atoms with Crippen molar-refractivity contribution in [3.8, 4) is 11.5 Å². The third-order valence-corrected chi connectivity index (χ3v) is 3.71. The van der Waals surface area contributed by atoms with Crippen LogP contribution in [0.2, 0.25) is 0 Å². The van der Waals surface area contributed by atoms with Crippen molar-refractivity contribution in [3.05, 3.63) is 48.5 Å². The molecule has 7 heteroatoms. The minimum atomic E-state index is 0.0242. The summed E-state index contributed by atoms with van der Waals surface area (Å²) in [5.41, 5.74) is 1.47. The van der Waals surface area contributed by atoms with Gasteiger partial charge in [0.25, 0.3) is 5.22 Å². The normalized spacial score (nSPS) is 10.7. The summed E-state index contributed by atoms with van der Waals surface area (Å²) < 4.78 is 7.31. The van der Waals surface area contributed by atoms with Crippen LogP contribution in [0.25, 0.3) is 11.5 Å². The Morgan fingerprint density at radius 3 is 2.81 bits per heavy atom. The highest BCUT2D eigenvalue weighted by Crippen LogP contribution is 2.23. The number of carbonyl (C=O) groups excluding carboxylic acids is 1. The zero-order valence-corrected chi connectivity index (χ0v) is 12.1. The second kappa shape index (κ2) is 5.92. The first kappa shape index (κ1) is 13.6. The summed E-state index contributed by atoms with van der Waals surface area (Å²) in [6.07, 6.45) is 5.16. The van der Waals surface area contributed by atoms with Crippen LogP contribution < -0.4 is 0 Å². The van der Waals surface area contributed by atoms with Gasteiger partial charge in [-0.15, -0.1) is 10.2 Å². The summed E-state index contributed by atoms with van der Waals surface area (Å²) >= 11 is 1.23. The number of nitrogens with zero attached hydrogens (tertiary/aromatic N) is 4. The van der Waals surface area contributed by atoms with Gasteiger partial charge in [0, 0.05) is 31.2 Å². The van der Waals surface area contributed by atoms with E-state index in [4.69, 9.17) is 4.42 Å². The number of carbonyl (C=O) groups is 1. The lowest BCUT2D eigenvalue weighted by atomic mass is 10.3. The van der Waals surface area contributed by atoms with E-state index in [1.165, 1.54) is 11.8 Å². The predicted molar refractivity (Wildman–Crippen MR) is 78.0 cm³/mol. The molecule has 0 saturated heterocycles. The van der Waals surface area contributed by atoms with Gasteiger partial charge in [-0.1, -0.05) is 11.8 Å². The molecular formula is C14H12N4O2S. The number of Topliss-reactive ketones (excluding diaryl/α,β-unsaturated/α-hetero) is 1. The van der Waals surface area contributed by atoms with Gasteiger partial charge in [-0.25, -0.2) is 0 Å². The Balaban J connectivity index is 1.66. The second-order valence-corrected chi connectivity index (χ2v) is 5.25. The van der Waals surface area contributed by atoms with Crippen molar-refractivity contribution in [3.63, 3.8) is 0 Å². The van der Waals surface area contributed by atoms with Crippen LogP contribution in [-0.4, -0.2) is 31.3 Å². The lowest BCUT2D eigenvalue weighted by Crippen LogP contribution is -2.07. The van der Waals surface area contributed by atoms with Crippen LogP contribution in [0.3, 0.4) is 0 Å². The van der Waals surface area contributed by atoms with Crippen LogP contribution in [0.1, 0.15) is 10.5 Å². The Bertz CT molecular complexity index is 751. The van der Waals surface area contributed by atoms with Gasteiger partial charge in [-0.3, -0.25) is 9.78 Å². The van der Waals surface area contributed by atoms with Gasteiger partial charge >= 0.3 is 0 Å². The van der Waals surface area contributed by atoms with E-state index in [9.17, 15) is 4.79 Å². The number of thioether (sulfide) groups is 1. The second-order valence-electron chi connectivity index (χ2n) is 4.33. The maximum atomic E-state index is 12.0. The quantitative estimate of drug-likeness (QED) is 0.532. The molecule has 3 aromatic rings. The molecule has 0 aliphatic carbocycles. The molecule has 0 amide bonds. The summed E-state index contributed by atoms with van der Waals surface area (Å²) in [5.74, 6) is 0.706. The molecule has 3 rings (SSSR count). The van der Waals surface area contributed by atoms with Crippen molar-refractivity contribution >= 4 is 17.5 Å². The molecule has 6 nitrogen and oxygen atoms in total. The maximum Gasteiger partial charge on any atom is 0.277 e. The van der Waals surface area contributed by atoms with Gasteiger partial charge in [0.1, 0.15) is 0 Å². The van der Waals surface area contributed by atoms with Gasteiger partial charge in [-0.2, -0.15) is 0 Å². The number of pyridine rings is 1. The van der Waals surface area contributed by atoms with E-state index in [1.807, 2.05) is 19.3 Å². The van der Waals surface area contributed by atoms with Crippen LogP contribution in [0.4, 0.5) is 0 Å². The highest BCUT2D eigenvalue weighted by molar-refractivity contribution is 7.99. The minimum absolute atomic E-state index is 0.0242. The maximum absolute atomic E-state index is 12.0. The Morgan fingerprint density at radius 2 is 2.10 bits per heavy atom. The molecule has 0 aliphatic rings. The van der Waals surface area contributed by atoms with Crippen molar-refractivity contribution in [2.24, 2.45) is 7.05 Å². The molecule has 106 valence electrons. The number of hydrogen-bond acceptors (Lipinski definition) is 6. The van der Waals surface area contributed by atoms with Gasteiger partial charge in [0.2, 0.25) is 5.89 Å². The van der Waals surface area contributed by atoms with Crippen molar-refractivity contribution in [2.45, 2.75) is 5.22 Å². The fraction of sp³-hybridized carbons (Fsp3) is 0.143. The van der Waals surface area contributed by atoms with Crippen LogP contribution in [-0.2, 0) is 7.05 Å². The predicted octanol–water partition coefficient (Wildman–Crippen LogP) is 2.45. The van der Waals surface area contributed by atoms with E-state index < -0.39 is 0 Å². The first-order chi connectivity index (χ1) is 10.2. The first-order valence-electron chi connectivity index (χ1n) is 6.25. The van der Waals surface area contributed by atoms with Crippen molar-refractivity contribution in [2.75, 3.05) is 5.75 Å². The van der Waals surface area contributed by atoms with Gasteiger partial charge < -0.3 is 8.98 Å². The summed E-state index contributed by atoms with van der Waals surface area (Å²) in [6, 6.07) is 7.21. The molecule has 0 saturated carbocycles. The zero-order valence-electron chi connectivity index (χ0n) is 11.3. The topological polar surface area (TPSA) is 73.8 Å². The third kappa shape index (κ3) is 3.03. The van der Waals surface area contributed by atoms with Gasteiger partial charge in [0.15, 0.2) is 5.78 Å². The van der Waals surface area contributed by atoms with Crippen LogP contribution >= 0.6 is 11.8 Å². The average molecular weight is 300 g/mol. The fourth-order valence-electron chi connectivity index (χ4n) is 1.83. The zero-order chi connectivity index (χ0) is 14.7. The number of ketones is 1. The number of hydrogen-bond donors (Lipinski definition) is 0. The summed E-state index contributed by atoms with van der Waals surface area (Å²) in [7, 11) is 1.84. The molecule has 0 bridgehead atoms. The molecule has 0 N–H and O–H groups in total. The Kier molecular flexibility index (Phi) is 3.83. The van der Waals surface area contributed by atoms with Gasteiger partial charge in [-0.05, 0) is 24.3 Å². The Hall–Kier alpha value is -2.41. The standard InChI is InChI=1S/C14H12N4O2S/c1-18-8-2-3-11(18)12(19)9-21-14-17-16-13(20-14)10-4-6-15-7-5-10/h2-8H,9H2,1H3. The van der Waals surface area contributed by atoms with E-state index in [-0.39, 0.29) is 11.5 Å². The third-order valence-electron chi connectivity index (χ3n) is 2.89. The van der Waals surface area contributed by atoms with E-state index >= 15 is 0 Å². The molecule has 3 aromatic heterocycles. The molecule has 3 heterocycles. The van der Waals surface area contributed by atoms with E-state index in [1.54, 1.807) is 35.2 Å². The van der Waals surface area contributed by atoms with Crippen LogP contribution in [0.5, 0.6) is 0 Å². The first-order valence-corrected chi connectivity index (χ1v) is 7.24. The lowest BCUT2D eigenvalue weighted by Gasteiger charge is -2.00. The molecule has 0 fully saturated rings. The average Bonchev–Trinajstić information content (AvgIpc) is 3.15. The largest absolute Gasteiger partial charge is 0.411 e.